The van der Waals surface area contributed by atoms with Gasteiger partial charge in [0.2, 0.25) is 0 Å². The lowest BCUT2D eigenvalue weighted by Crippen LogP contribution is -2.10. The Morgan fingerprint density at radius 3 is 1.67 bits per heavy atom. The topological polar surface area (TPSA) is 42.2 Å². The molecule has 2 aromatic heterocycles. The quantitative estimate of drug-likeness (QED) is 0.154. The Morgan fingerprint density at radius 2 is 0.917 bits per heavy atom. The molecule has 0 radical (unpaired) electrons. The predicted octanol–water partition coefficient (Wildman–Crippen LogP) is 15.3. The summed E-state index contributed by atoms with van der Waals surface area (Å²) in [5.41, 5.74) is 14.3. The van der Waals surface area contributed by atoms with Crippen LogP contribution < -0.4 is 4.90 Å². The van der Waals surface area contributed by atoms with E-state index in [1.165, 1.54) is 10.8 Å². The van der Waals surface area contributed by atoms with Crippen molar-refractivity contribution in [2.45, 2.75) is 0 Å². The molecule has 0 spiro atoms. The summed E-state index contributed by atoms with van der Waals surface area (Å²) in [6.45, 7) is 0. The highest BCUT2D eigenvalue weighted by atomic mass is 16.3. The van der Waals surface area contributed by atoms with Crippen LogP contribution in [0.15, 0.2) is 229 Å². The highest BCUT2D eigenvalue weighted by molar-refractivity contribution is 6.13. The third-order valence-corrected chi connectivity index (χ3v) is 11.3. The predicted molar refractivity (Wildman–Crippen MR) is 249 cm³/mol. The van der Waals surface area contributed by atoms with Crippen LogP contribution in [0.25, 0.3) is 88.9 Å². The first kappa shape index (κ1) is 35.1. The number of hydrogen-bond donors (Lipinski definition) is 0. The lowest BCUT2D eigenvalue weighted by atomic mass is 9.97. The molecule has 2 heterocycles. The van der Waals surface area contributed by atoms with E-state index in [0.29, 0.717) is 5.82 Å². The average molecular weight is 768 g/mol. The lowest BCUT2D eigenvalue weighted by Gasteiger charge is -2.27. The zero-order valence-corrected chi connectivity index (χ0v) is 32.6. The van der Waals surface area contributed by atoms with E-state index in [1.807, 2.05) is 36.4 Å². The summed E-state index contributed by atoms with van der Waals surface area (Å²) >= 11 is 0. The van der Waals surface area contributed by atoms with Crippen LogP contribution in [0.2, 0.25) is 0 Å². The van der Waals surface area contributed by atoms with Crippen LogP contribution in [-0.4, -0.2) is 9.97 Å². The van der Waals surface area contributed by atoms with Gasteiger partial charge in [-0.05, 0) is 82.2 Å². The van der Waals surface area contributed by atoms with Gasteiger partial charge in [-0.15, -0.1) is 0 Å². The Morgan fingerprint density at radius 1 is 0.350 bits per heavy atom. The summed E-state index contributed by atoms with van der Waals surface area (Å²) in [5.74, 6) is 0.689. The smallest absolute Gasteiger partial charge is 0.160 e. The van der Waals surface area contributed by atoms with Crippen LogP contribution in [0.4, 0.5) is 17.1 Å². The maximum absolute atomic E-state index is 6.61. The van der Waals surface area contributed by atoms with Crippen LogP contribution >= 0.6 is 0 Å². The third-order valence-electron chi connectivity index (χ3n) is 11.3. The van der Waals surface area contributed by atoms with Crippen molar-refractivity contribution in [2.24, 2.45) is 0 Å². The lowest BCUT2D eigenvalue weighted by molar-refractivity contribution is 0.669. The fourth-order valence-electron chi connectivity index (χ4n) is 8.37. The van der Waals surface area contributed by atoms with Crippen molar-refractivity contribution < 1.29 is 4.42 Å². The van der Waals surface area contributed by atoms with Crippen molar-refractivity contribution in [3.05, 3.63) is 224 Å². The standard InChI is InChI=1S/C56H37N3O/c1-4-16-40(17-5-1)50-37-51(41-18-6-2-7-19-41)58-56(57-50)42-31-29-39(30-32-42)48-26-14-28-53-55(48)49-34-33-44(36-54(49)60-53)43-21-12-24-46(35-43)59(45-22-8-3-9-23-45)52-27-13-20-38-15-10-11-25-47(38)52/h1-37H. The van der Waals surface area contributed by atoms with Crippen molar-refractivity contribution in [3.8, 4) is 56.2 Å². The molecule has 0 unspecified atom stereocenters. The third kappa shape index (κ3) is 6.47. The molecule has 0 aliphatic carbocycles. The van der Waals surface area contributed by atoms with Gasteiger partial charge in [-0.25, -0.2) is 9.97 Å². The normalized spacial score (nSPS) is 11.3. The SMILES string of the molecule is c1ccc(-c2cc(-c3ccccc3)nc(-c3ccc(-c4cccc5oc6cc(-c7cccc(N(c8ccccc8)c8cccc9ccccc89)c7)ccc6c45)cc3)n2)cc1. The highest BCUT2D eigenvalue weighted by Gasteiger charge is 2.18. The van der Waals surface area contributed by atoms with Crippen LogP contribution in [0.3, 0.4) is 0 Å². The van der Waals surface area contributed by atoms with Gasteiger partial charge in [-0.2, -0.15) is 0 Å². The Kier molecular flexibility index (Phi) is 8.79. The van der Waals surface area contributed by atoms with Gasteiger partial charge < -0.3 is 9.32 Å². The largest absolute Gasteiger partial charge is 0.456 e. The molecule has 0 aliphatic heterocycles. The molecule has 0 N–H and O–H groups in total. The van der Waals surface area contributed by atoms with Gasteiger partial charge in [0.15, 0.2) is 5.82 Å². The number of para-hydroxylation sites is 1. The van der Waals surface area contributed by atoms with E-state index in [9.17, 15) is 0 Å². The molecule has 282 valence electrons. The molecule has 0 aliphatic rings. The number of fused-ring (bicyclic) bond motifs is 4. The van der Waals surface area contributed by atoms with E-state index in [1.54, 1.807) is 0 Å². The Hall–Kier alpha value is -8.08. The molecular weight excluding hydrogens is 731 g/mol. The van der Waals surface area contributed by atoms with Crippen LogP contribution in [0.1, 0.15) is 0 Å². The van der Waals surface area contributed by atoms with E-state index in [4.69, 9.17) is 14.4 Å². The van der Waals surface area contributed by atoms with Gasteiger partial charge in [0, 0.05) is 44.2 Å². The van der Waals surface area contributed by atoms with Gasteiger partial charge in [0.05, 0.1) is 17.1 Å². The van der Waals surface area contributed by atoms with E-state index >= 15 is 0 Å². The first-order valence-electron chi connectivity index (χ1n) is 20.2. The van der Waals surface area contributed by atoms with E-state index < -0.39 is 0 Å². The minimum atomic E-state index is 0.689. The average Bonchev–Trinajstić information content (AvgIpc) is 3.71. The first-order chi connectivity index (χ1) is 29.7. The summed E-state index contributed by atoms with van der Waals surface area (Å²) in [5, 5.41) is 4.59. The molecule has 9 aromatic carbocycles. The highest BCUT2D eigenvalue weighted by Crippen LogP contribution is 2.42. The number of rotatable bonds is 8. The number of hydrogen-bond acceptors (Lipinski definition) is 4. The van der Waals surface area contributed by atoms with Gasteiger partial charge in [0.1, 0.15) is 11.2 Å². The monoisotopic (exact) mass is 767 g/mol. The molecule has 0 atom stereocenters. The van der Waals surface area contributed by atoms with Crippen molar-refractivity contribution in [3.63, 3.8) is 0 Å². The van der Waals surface area contributed by atoms with Crippen molar-refractivity contribution in [1.29, 1.82) is 0 Å². The second kappa shape index (κ2) is 15.0. The van der Waals surface area contributed by atoms with Crippen molar-refractivity contribution >= 4 is 49.8 Å². The van der Waals surface area contributed by atoms with E-state index in [-0.39, 0.29) is 0 Å². The molecule has 0 amide bonds. The molecule has 4 nitrogen and oxygen atoms in total. The number of aromatic nitrogens is 2. The van der Waals surface area contributed by atoms with Crippen LogP contribution in [0, 0.1) is 0 Å². The minimum Gasteiger partial charge on any atom is -0.456 e. The number of benzene rings is 9. The molecule has 0 saturated carbocycles. The Bertz CT molecular complexity index is 3240. The molecule has 11 aromatic rings. The second-order valence-corrected chi connectivity index (χ2v) is 15.0. The van der Waals surface area contributed by atoms with E-state index in [2.05, 4.69) is 193 Å². The summed E-state index contributed by atoms with van der Waals surface area (Å²) in [4.78, 5) is 12.4. The van der Waals surface area contributed by atoms with Gasteiger partial charge in [-0.1, -0.05) is 170 Å². The fourth-order valence-corrected chi connectivity index (χ4v) is 8.37. The number of anilines is 3. The van der Waals surface area contributed by atoms with Crippen molar-refractivity contribution in [2.75, 3.05) is 4.90 Å². The zero-order valence-electron chi connectivity index (χ0n) is 32.6. The molecule has 0 fully saturated rings. The molecule has 11 rings (SSSR count). The minimum absolute atomic E-state index is 0.689. The molecule has 0 saturated heterocycles. The Labute approximate surface area is 348 Å². The van der Waals surface area contributed by atoms with Gasteiger partial charge >= 0.3 is 0 Å². The first-order valence-corrected chi connectivity index (χ1v) is 20.2. The van der Waals surface area contributed by atoms with Gasteiger partial charge in [0.25, 0.3) is 0 Å². The van der Waals surface area contributed by atoms with Crippen molar-refractivity contribution in [1.82, 2.24) is 9.97 Å². The van der Waals surface area contributed by atoms with Gasteiger partial charge in [-0.3, -0.25) is 0 Å². The maximum atomic E-state index is 6.61. The number of furan rings is 1. The van der Waals surface area contributed by atoms with Crippen LogP contribution in [0.5, 0.6) is 0 Å². The molecule has 60 heavy (non-hydrogen) atoms. The van der Waals surface area contributed by atoms with Crippen LogP contribution in [-0.2, 0) is 0 Å². The molecular formula is C56H37N3O. The molecule has 0 bridgehead atoms. The number of nitrogens with zero attached hydrogens (tertiary/aromatic N) is 3. The zero-order chi connectivity index (χ0) is 39.8. The summed E-state index contributed by atoms with van der Waals surface area (Å²) < 4.78 is 6.61. The fraction of sp³-hybridized carbons (Fsp3) is 0. The molecule has 4 heteroatoms. The van der Waals surface area contributed by atoms with E-state index in [0.717, 1.165) is 89.3 Å². The second-order valence-electron chi connectivity index (χ2n) is 15.0. The summed E-state index contributed by atoms with van der Waals surface area (Å²) in [6.07, 6.45) is 0. The summed E-state index contributed by atoms with van der Waals surface area (Å²) in [7, 11) is 0. The maximum Gasteiger partial charge on any atom is 0.160 e. The Balaban J connectivity index is 0.955. The summed E-state index contributed by atoms with van der Waals surface area (Å²) in [6, 6.07) is 78.5.